The number of ether oxygens (including phenoxy) is 1. The van der Waals surface area contributed by atoms with Crippen LogP contribution in [0.1, 0.15) is 12.5 Å². The van der Waals surface area contributed by atoms with Crippen LogP contribution >= 0.6 is 0 Å². The van der Waals surface area contributed by atoms with Crippen molar-refractivity contribution in [1.82, 2.24) is 9.80 Å². The number of carbonyl (C=O) groups excluding carboxylic acids is 3. The predicted molar refractivity (Wildman–Crippen MR) is 117 cm³/mol. The molecule has 0 bridgehead atoms. The van der Waals surface area contributed by atoms with Crippen molar-refractivity contribution in [2.75, 3.05) is 49.3 Å². The average Bonchev–Trinajstić information content (AvgIpc) is 2.99. The summed E-state index contributed by atoms with van der Waals surface area (Å²) in [4.78, 5) is 44.0. The van der Waals surface area contributed by atoms with E-state index in [-0.39, 0.29) is 6.67 Å². The fourth-order valence-electron chi connectivity index (χ4n) is 3.88. The second kappa shape index (κ2) is 8.77. The average molecular weight is 422 g/mol. The molecule has 2 aliphatic rings. The second-order valence-corrected chi connectivity index (χ2v) is 7.64. The highest BCUT2D eigenvalue weighted by molar-refractivity contribution is 6.52. The highest BCUT2D eigenvalue weighted by Gasteiger charge is 2.46. The van der Waals surface area contributed by atoms with Crippen LogP contribution in [0.25, 0.3) is 0 Å². The molecule has 0 N–H and O–H groups in total. The van der Waals surface area contributed by atoms with Gasteiger partial charge in [-0.3, -0.25) is 14.5 Å². The third-order valence-corrected chi connectivity index (χ3v) is 5.57. The van der Waals surface area contributed by atoms with E-state index in [1.165, 1.54) is 0 Å². The number of benzene rings is 2. The molecule has 0 atom stereocenters. The number of piperazine rings is 1. The van der Waals surface area contributed by atoms with Crippen LogP contribution in [0.2, 0.25) is 0 Å². The van der Waals surface area contributed by atoms with Gasteiger partial charge in [-0.25, -0.2) is 14.6 Å². The van der Waals surface area contributed by atoms with Gasteiger partial charge >= 0.3 is 17.8 Å². The van der Waals surface area contributed by atoms with Crippen molar-refractivity contribution >= 4 is 29.2 Å². The first-order valence-electron chi connectivity index (χ1n) is 10.5. The number of carbonyl (C=O) groups is 3. The standard InChI is InChI=1S/C23H26N4O4/c1-3-31-20-7-5-4-6-19(20)25-14-12-24(13-15-25)16-26-21(28)22(29)27(23(26)30)18-10-8-17(2)9-11-18/h4-11H,3,12-16H2,1-2H3. The first-order valence-corrected chi connectivity index (χ1v) is 10.5. The van der Waals surface area contributed by atoms with E-state index in [0.717, 1.165) is 39.9 Å². The van der Waals surface area contributed by atoms with Gasteiger partial charge in [0.2, 0.25) is 0 Å². The lowest BCUT2D eigenvalue weighted by Crippen LogP contribution is -2.51. The molecule has 8 nitrogen and oxygen atoms in total. The zero-order valence-corrected chi connectivity index (χ0v) is 17.8. The third-order valence-electron chi connectivity index (χ3n) is 5.57. The van der Waals surface area contributed by atoms with Gasteiger partial charge in [0.25, 0.3) is 0 Å². The van der Waals surface area contributed by atoms with Crippen molar-refractivity contribution in [3.63, 3.8) is 0 Å². The summed E-state index contributed by atoms with van der Waals surface area (Å²) in [5.41, 5.74) is 2.46. The molecular weight excluding hydrogens is 396 g/mol. The van der Waals surface area contributed by atoms with Crippen molar-refractivity contribution in [3.05, 3.63) is 54.1 Å². The van der Waals surface area contributed by atoms with Gasteiger partial charge < -0.3 is 9.64 Å². The summed E-state index contributed by atoms with van der Waals surface area (Å²) in [6.45, 7) is 7.37. The number of aryl methyl sites for hydroxylation is 1. The van der Waals surface area contributed by atoms with Crippen molar-refractivity contribution in [2.45, 2.75) is 13.8 Å². The number of hydrogen-bond donors (Lipinski definition) is 0. The summed E-state index contributed by atoms with van der Waals surface area (Å²) in [6.07, 6.45) is 0. The number of hydrogen-bond acceptors (Lipinski definition) is 6. The van der Waals surface area contributed by atoms with Gasteiger partial charge in [-0.05, 0) is 38.1 Å². The van der Waals surface area contributed by atoms with Crippen molar-refractivity contribution in [2.24, 2.45) is 0 Å². The van der Waals surface area contributed by atoms with E-state index < -0.39 is 17.8 Å². The van der Waals surface area contributed by atoms with E-state index in [9.17, 15) is 14.4 Å². The predicted octanol–water partition coefficient (Wildman–Crippen LogP) is 2.47. The van der Waals surface area contributed by atoms with Crippen LogP contribution in [0.15, 0.2) is 48.5 Å². The molecule has 0 aromatic heterocycles. The summed E-state index contributed by atoms with van der Waals surface area (Å²) in [7, 11) is 0. The topological polar surface area (TPSA) is 73.4 Å². The SMILES string of the molecule is CCOc1ccccc1N1CCN(CN2C(=O)C(=O)N(c3ccc(C)cc3)C2=O)CC1. The third kappa shape index (κ3) is 4.11. The lowest BCUT2D eigenvalue weighted by atomic mass is 10.2. The maximum absolute atomic E-state index is 12.8. The van der Waals surface area contributed by atoms with Gasteiger partial charge in [-0.2, -0.15) is 0 Å². The van der Waals surface area contributed by atoms with Crippen molar-refractivity contribution in [1.29, 1.82) is 0 Å². The van der Waals surface area contributed by atoms with Crippen LogP contribution in [0, 0.1) is 6.92 Å². The number of anilines is 2. The fourth-order valence-corrected chi connectivity index (χ4v) is 3.88. The Morgan fingerprint density at radius 2 is 1.55 bits per heavy atom. The number of urea groups is 1. The summed E-state index contributed by atoms with van der Waals surface area (Å²) in [5.74, 6) is -0.740. The lowest BCUT2D eigenvalue weighted by Gasteiger charge is -2.37. The van der Waals surface area contributed by atoms with Gasteiger partial charge in [0.05, 0.1) is 24.7 Å². The van der Waals surface area contributed by atoms with E-state index in [1.54, 1.807) is 12.1 Å². The molecule has 162 valence electrons. The van der Waals surface area contributed by atoms with Gasteiger partial charge in [0.15, 0.2) is 0 Å². The minimum Gasteiger partial charge on any atom is -0.492 e. The fraction of sp³-hybridized carbons (Fsp3) is 0.348. The first-order chi connectivity index (χ1) is 15.0. The molecule has 2 heterocycles. The smallest absolute Gasteiger partial charge is 0.340 e. The van der Waals surface area contributed by atoms with E-state index >= 15 is 0 Å². The molecule has 0 radical (unpaired) electrons. The lowest BCUT2D eigenvalue weighted by molar-refractivity contribution is -0.140. The molecule has 0 unspecified atom stereocenters. The van der Waals surface area contributed by atoms with Crippen molar-refractivity contribution in [3.8, 4) is 5.75 Å². The molecule has 2 aromatic rings. The maximum atomic E-state index is 12.8. The second-order valence-electron chi connectivity index (χ2n) is 7.64. The van der Waals surface area contributed by atoms with Gasteiger partial charge in [-0.15, -0.1) is 0 Å². The minimum absolute atomic E-state index is 0.104. The Hall–Kier alpha value is -3.39. The molecule has 2 saturated heterocycles. The zero-order chi connectivity index (χ0) is 22.0. The molecule has 2 fully saturated rings. The van der Waals surface area contributed by atoms with Crippen LogP contribution in [0.4, 0.5) is 16.2 Å². The molecule has 4 rings (SSSR count). The van der Waals surface area contributed by atoms with Crippen LogP contribution < -0.4 is 14.5 Å². The molecule has 31 heavy (non-hydrogen) atoms. The number of para-hydroxylation sites is 2. The van der Waals surface area contributed by atoms with Crippen LogP contribution in [-0.4, -0.2) is 67.1 Å². The number of rotatable bonds is 6. The van der Waals surface area contributed by atoms with E-state index in [0.29, 0.717) is 25.4 Å². The highest BCUT2D eigenvalue weighted by Crippen LogP contribution is 2.29. The first kappa shape index (κ1) is 20.9. The van der Waals surface area contributed by atoms with E-state index in [1.807, 2.05) is 55.1 Å². The Bertz CT molecular complexity index is 983. The summed E-state index contributed by atoms with van der Waals surface area (Å²) in [5, 5.41) is 0. The zero-order valence-electron chi connectivity index (χ0n) is 17.8. The largest absolute Gasteiger partial charge is 0.492 e. The Balaban J connectivity index is 1.40. The molecular formula is C23H26N4O4. The van der Waals surface area contributed by atoms with E-state index in [4.69, 9.17) is 4.74 Å². The van der Waals surface area contributed by atoms with Gasteiger partial charge in [-0.1, -0.05) is 29.8 Å². The Morgan fingerprint density at radius 3 is 2.23 bits per heavy atom. The molecule has 2 aromatic carbocycles. The molecule has 0 aliphatic carbocycles. The van der Waals surface area contributed by atoms with Crippen molar-refractivity contribution < 1.29 is 19.1 Å². The monoisotopic (exact) mass is 422 g/mol. The number of amides is 4. The molecule has 4 amide bonds. The van der Waals surface area contributed by atoms with Crippen LogP contribution in [0.3, 0.4) is 0 Å². The molecule has 0 saturated carbocycles. The molecule has 0 spiro atoms. The van der Waals surface area contributed by atoms with Gasteiger partial charge in [0.1, 0.15) is 5.75 Å². The summed E-state index contributed by atoms with van der Waals surface area (Å²) < 4.78 is 5.73. The molecule has 2 aliphatic heterocycles. The quantitative estimate of drug-likeness (QED) is 0.526. The summed E-state index contributed by atoms with van der Waals surface area (Å²) in [6, 6.07) is 14.3. The Kier molecular flexibility index (Phi) is 5.90. The maximum Gasteiger partial charge on any atom is 0.340 e. The Morgan fingerprint density at radius 1 is 0.871 bits per heavy atom. The van der Waals surface area contributed by atoms with Crippen LogP contribution in [-0.2, 0) is 9.59 Å². The highest BCUT2D eigenvalue weighted by atomic mass is 16.5. The Labute approximate surface area is 181 Å². The summed E-state index contributed by atoms with van der Waals surface area (Å²) >= 11 is 0. The number of imide groups is 2. The van der Waals surface area contributed by atoms with E-state index in [2.05, 4.69) is 4.90 Å². The number of nitrogens with zero attached hydrogens (tertiary/aromatic N) is 4. The normalized spacial score (nSPS) is 17.6. The minimum atomic E-state index is -0.807. The van der Waals surface area contributed by atoms with Crippen LogP contribution in [0.5, 0.6) is 5.75 Å². The molecule has 8 heteroatoms. The van der Waals surface area contributed by atoms with Gasteiger partial charge in [0, 0.05) is 26.2 Å².